The number of nitrogens with zero attached hydrogens (tertiary/aromatic N) is 1. The van der Waals surface area contributed by atoms with Crippen molar-refractivity contribution in [2.24, 2.45) is 10.9 Å². The Balaban J connectivity index is -0.000000270. The predicted octanol–water partition coefficient (Wildman–Crippen LogP) is 6.13. The monoisotopic (exact) mass is 396 g/mol. The minimum Gasteiger partial charge on any atom is -0.400 e. The molecule has 0 heterocycles. The number of aliphatic imine (C=N–C) groups is 1. The molecule has 0 aliphatic carbocycles. The number of hydrogen-bond donors (Lipinski definition) is 2. The van der Waals surface area contributed by atoms with Crippen molar-refractivity contribution in [3.8, 4) is 0 Å². The number of rotatable bonds is 13. The van der Waals surface area contributed by atoms with Gasteiger partial charge in [0.2, 0.25) is 0 Å². The van der Waals surface area contributed by atoms with Gasteiger partial charge in [-0.25, -0.2) is 0 Å². The van der Waals surface area contributed by atoms with Gasteiger partial charge in [-0.1, -0.05) is 76.7 Å². The van der Waals surface area contributed by atoms with E-state index in [9.17, 15) is 0 Å². The van der Waals surface area contributed by atoms with Crippen LogP contribution in [0.5, 0.6) is 0 Å². The first-order chi connectivity index (χ1) is 13.7. The maximum Gasteiger partial charge on any atom is 0.106 e. The Bertz CT molecular complexity index is 364. The molecule has 28 heavy (non-hydrogen) atoms. The summed E-state index contributed by atoms with van der Waals surface area (Å²) in [6, 6.07) is 0. The molecule has 0 spiro atoms. The molecular weight excluding hydrogens is 348 g/mol. The Labute approximate surface area is 175 Å². The Kier molecular flexibility index (Phi) is 44.2. The molecule has 166 valence electrons. The summed E-state index contributed by atoms with van der Waals surface area (Å²) < 4.78 is 0. The van der Waals surface area contributed by atoms with E-state index in [-0.39, 0.29) is 0 Å². The number of unbranched alkanes of at least 4 members (excludes halogenated alkanes) is 1. The summed E-state index contributed by atoms with van der Waals surface area (Å²) in [4.78, 5) is 11.7. The van der Waals surface area contributed by atoms with Gasteiger partial charge in [-0.2, -0.15) is 0 Å². The maximum absolute atomic E-state index is 8.00. The summed E-state index contributed by atoms with van der Waals surface area (Å²) in [5, 5.41) is 10.5. The molecule has 0 fully saturated rings. The lowest BCUT2D eigenvalue weighted by molar-refractivity contribution is -0.0979. The van der Waals surface area contributed by atoms with Gasteiger partial charge in [0.05, 0.1) is 0 Å². The van der Waals surface area contributed by atoms with E-state index < -0.39 is 0 Å². The number of aliphatic hydroxyl groups excluding tert-OH is 1. The van der Waals surface area contributed by atoms with Gasteiger partial charge < -0.3 is 15.2 Å². The van der Waals surface area contributed by atoms with Crippen LogP contribution in [0, 0.1) is 5.92 Å². The van der Waals surface area contributed by atoms with Gasteiger partial charge in [0, 0.05) is 19.9 Å². The molecule has 0 aromatic heterocycles. The average Bonchev–Trinajstić information content (AvgIpc) is 2.74. The molecule has 0 saturated heterocycles. The first kappa shape index (κ1) is 34.0. The number of allylic oxidation sites excluding steroid dienone is 4. The van der Waals surface area contributed by atoms with Crippen molar-refractivity contribution in [3.63, 3.8) is 0 Å². The molecule has 0 radical (unpaired) electrons. The van der Waals surface area contributed by atoms with Crippen LogP contribution < -0.4 is 5.32 Å². The summed E-state index contributed by atoms with van der Waals surface area (Å²) in [6.07, 6.45) is 19.3. The molecule has 2 N–H and O–H groups in total. The molecule has 4 heteroatoms. The highest BCUT2D eigenvalue weighted by Crippen LogP contribution is 2.17. The lowest BCUT2D eigenvalue weighted by atomic mass is 9.95. The molecule has 4 nitrogen and oxygen atoms in total. The van der Waals surface area contributed by atoms with E-state index in [2.05, 4.69) is 62.9 Å². The predicted molar refractivity (Wildman–Crippen MR) is 128 cm³/mol. The highest BCUT2D eigenvalue weighted by Gasteiger charge is 2.03. The van der Waals surface area contributed by atoms with Crippen molar-refractivity contribution in [1.82, 2.24) is 5.32 Å². The van der Waals surface area contributed by atoms with Crippen molar-refractivity contribution in [2.45, 2.75) is 79.6 Å². The largest absolute Gasteiger partial charge is 0.400 e. The van der Waals surface area contributed by atoms with Crippen LogP contribution in [0.3, 0.4) is 0 Å². The van der Waals surface area contributed by atoms with Crippen molar-refractivity contribution in [3.05, 3.63) is 36.1 Å². The maximum atomic E-state index is 8.00. The van der Waals surface area contributed by atoms with Gasteiger partial charge in [-0.3, -0.25) is 4.99 Å². The molecule has 0 aliphatic heterocycles. The van der Waals surface area contributed by atoms with E-state index in [0.717, 1.165) is 32.5 Å². The number of nitrogens with one attached hydrogen (secondary N) is 1. The fourth-order valence-electron chi connectivity index (χ4n) is 2.45. The second-order valence-corrected chi connectivity index (χ2v) is 6.19. The van der Waals surface area contributed by atoms with Crippen molar-refractivity contribution < 1.29 is 9.90 Å². The van der Waals surface area contributed by atoms with Gasteiger partial charge in [-0.05, 0) is 51.9 Å². The van der Waals surface area contributed by atoms with E-state index in [1.165, 1.54) is 44.1 Å². The zero-order valence-corrected chi connectivity index (χ0v) is 19.5. The fraction of sp³-hybridized carbons (Fsp3) is 0.667. The van der Waals surface area contributed by atoms with Gasteiger partial charge in [-0.15, -0.1) is 0 Å². The van der Waals surface area contributed by atoms with E-state index in [4.69, 9.17) is 9.90 Å². The smallest absolute Gasteiger partial charge is 0.106 e. The second kappa shape index (κ2) is 36.4. The number of carbonyl (C=O) groups excluding carboxylic acids is 1. The van der Waals surface area contributed by atoms with Gasteiger partial charge in [0.25, 0.3) is 0 Å². The summed E-state index contributed by atoms with van der Waals surface area (Å²) >= 11 is 0. The Morgan fingerprint density at radius 3 is 2.21 bits per heavy atom. The quantitative estimate of drug-likeness (QED) is 0.170. The van der Waals surface area contributed by atoms with Gasteiger partial charge in [0.1, 0.15) is 6.79 Å². The number of aliphatic hydroxyl groups is 1. The molecule has 0 bridgehead atoms. The first-order valence-corrected chi connectivity index (χ1v) is 10.5. The average molecular weight is 397 g/mol. The third-order valence-electron chi connectivity index (χ3n) is 3.97. The lowest BCUT2D eigenvalue weighted by Gasteiger charge is -2.13. The topological polar surface area (TPSA) is 61.7 Å². The molecule has 1 unspecified atom stereocenters. The van der Waals surface area contributed by atoms with Gasteiger partial charge in [0.15, 0.2) is 0 Å². The standard InChI is InChI=1S/C17H32N2.C5H10.CH4O.CH2O/c1-5-9-17(6-2)10-7-8-13-19-15-12-16(3)11-14-18-4;1-3-5-4-2;2*1-2/h11-12,14,17,19H,4-10,13,15H2,1-3H3;3,5H,4H2,1-2H3;2H,1H3;1H2/b14-11-,16-12-;5-3+;;. The van der Waals surface area contributed by atoms with Gasteiger partial charge >= 0.3 is 0 Å². The number of hydrogen-bond acceptors (Lipinski definition) is 4. The minimum atomic E-state index is 0.944. The van der Waals surface area contributed by atoms with Crippen LogP contribution in [-0.4, -0.2) is 38.8 Å². The van der Waals surface area contributed by atoms with E-state index in [1.54, 1.807) is 6.20 Å². The molecule has 0 aromatic rings. The molecule has 0 amide bonds. The van der Waals surface area contributed by atoms with Crippen LogP contribution in [0.2, 0.25) is 0 Å². The molecule has 0 rings (SSSR count). The zero-order valence-electron chi connectivity index (χ0n) is 19.5. The third kappa shape index (κ3) is 35.6. The van der Waals surface area contributed by atoms with Crippen LogP contribution >= 0.6 is 0 Å². The lowest BCUT2D eigenvalue weighted by Crippen LogP contribution is -2.15. The normalized spacial score (nSPS) is 11.6. The Morgan fingerprint density at radius 2 is 1.79 bits per heavy atom. The summed E-state index contributed by atoms with van der Waals surface area (Å²) in [5.41, 5.74) is 1.23. The van der Waals surface area contributed by atoms with Crippen molar-refractivity contribution in [1.29, 1.82) is 0 Å². The SMILES string of the molecule is C/C=C/CC.C=N/C=C\C(C)=C/CNCCCCC(CC)CCC.C=O.CO. The van der Waals surface area contributed by atoms with Crippen LogP contribution in [0.15, 0.2) is 41.1 Å². The zero-order chi connectivity index (χ0) is 22.5. The van der Waals surface area contributed by atoms with E-state index in [0.29, 0.717) is 0 Å². The van der Waals surface area contributed by atoms with Crippen LogP contribution in [0.4, 0.5) is 0 Å². The van der Waals surface area contributed by atoms with Crippen molar-refractivity contribution in [2.75, 3.05) is 20.2 Å². The Morgan fingerprint density at radius 1 is 1.14 bits per heavy atom. The summed E-state index contributed by atoms with van der Waals surface area (Å²) in [7, 11) is 1.00. The second-order valence-electron chi connectivity index (χ2n) is 6.19. The Hall–Kier alpha value is -1.52. The highest BCUT2D eigenvalue weighted by molar-refractivity contribution is 5.27. The highest BCUT2D eigenvalue weighted by atomic mass is 16.2. The molecule has 0 saturated carbocycles. The van der Waals surface area contributed by atoms with Crippen LogP contribution in [0.25, 0.3) is 0 Å². The third-order valence-corrected chi connectivity index (χ3v) is 3.97. The molecule has 0 aromatic carbocycles. The van der Waals surface area contributed by atoms with E-state index >= 15 is 0 Å². The van der Waals surface area contributed by atoms with Crippen molar-refractivity contribution >= 4 is 13.5 Å². The molecule has 0 aliphatic rings. The van der Waals surface area contributed by atoms with Crippen LogP contribution in [0.1, 0.15) is 79.6 Å². The molecule has 1 atom stereocenters. The number of carbonyl (C=O) groups is 1. The minimum absolute atomic E-state index is 0.944. The first-order valence-electron chi connectivity index (χ1n) is 10.5. The summed E-state index contributed by atoms with van der Waals surface area (Å²) in [6.45, 7) is 18.3. The van der Waals surface area contributed by atoms with Crippen LogP contribution in [-0.2, 0) is 4.79 Å². The fourth-order valence-corrected chi connectivity index (χ4v) is 2.45. The molecular formula is C24H48N2O2. The van der Waals surface area contributed by atoms with E-state index in [1.807, 2.05) is 19.8 Å². The summed E-state index contributed by atoms with van der Waals surface area (Å²) in [5.74, 6) is 0.948.